The molecule has 3 aromatic rings. The van der Waals surface area contributed by atoms with E-state index in [1.807, 2.05) is 30.2 Å². The Morgan fingerprint density at radius 3 is 2.20 bits per heavy atom. The van der Waals surface area contributed by atoms with Crippen LogP contribution < -0.4 is 9.47 Å². The summed E-state index contributed by atoms with van der Waals surface area (Å²) in [5, 5.41) is 8.55. The minimum absolute atomic E-state index is 0.276. The summed E-state index contributed by atoms with van der Waals surface area (Å²) in [5.74, 6) is 3.67. The molecule has 1 N–H and O–H groups in total. The highest BCUT2D eigenvalue weighted by Gasteiger charge is 2.30. The lowest BCUT2D eigenvalue weighted by Crippen LogP contribution is -2.16. The van der Waals surface area contributed by atoms with Crippen molar-refractivity contribution >= 4 is 5.97 Å². The highest BCUT2D eigenvalue weighted by molar-refractivity contribution is 5.87. The van der Waals surface area contributed by atoms with Crippen LogP contribution in [0.4, 0.5) is 13.2 Å². The molecule has 0 amide bonds. The van der Waals surface area contributed by atoms with Crippen LogP contribution in [-0.2, 0) is 11.4 Å². The Kier molecular flexibility index (Phi) is 6.28. The minimum atomic E-state index is -4.72. The van der Waals surface area contributed by atoms with Crippen LogP contribution in [0, 0.1) is 11.8 Å². The summed E-state index contributed by atoms with van der Waals surface area (Å²) in [5.41, 5.74) is 3.00. The fourth-order valence-electron chi connectivity index (χ4n) is 2.62. The first kappa shape index (κ1) is 20.8. The number of carbonyl (C=O) groups is 1. The van der Waals surface area contributed by atoms with E-state index in [4.69, 9.17) is 9.84 Å². The Morgan fingerprint density at radius 2 is 1.57 bits per heavy atom. The van der Waals surface area contributed by atoms with Gasteiger partial charge < -0.3 is 14.6 Å². The standard InChI is InChI=1S/C23H15F3O4/c24-23(25,26)30-21-11-7-18(8-12-21)19-3-1-2-17(14-19)15-29-20-9-4-16(5-10-20)6-13-22(27)28/h1-5,7-12,14H,15H2,(H,27,28). The predicted molar refractivity (Wildman–Crippen MR) is 104 cm³/mol. The molecule has 0 saturated heterocycles. The third-order valence-corrected chi connectivity index (χ3v) is 3.92. The SMILES string of the molecule is O=C(O)C#Cc1ccc(OCc2cccc(-c3ccc(OC(F)(F)F)cc3)c2)cc1. The monoisotopic (exact) mass is 412 g/mol. The van der Waals surface area contributed by atoms with E-state index in [0.717, 1.165) is 16.7 Å². The number of rotatable bonds is 5. The molecule has 30 heavy (non-hydrogen) atoms. The number of halogens is 3. The maximum atomic E-state index is 12.3. The van der Waals surface area contributed by atoms with Crippen molar-refractivity contribution in [3.05, 3.63) is 83.9 Å². The van der Waals surface area contributed by atoms with Gasteiger partial charge in [-0.05, 0) is 59.2 Å². The summed E-state index contributed by atoms with van der Waals surface area (Å²) in [6.45, 7) is 0.281. The van der Waals surface area contributed by atoms with Gasteiger partial charge >= 0.3 is 12.3 Å². The lowest BCUT2D eigenvalue weighted by molar-refractivity contribution is -0.274. The molecule has 0 spiro atoms. The molecule has 0 aliphatic heterocycles. The summed E-state index contributed by atoms with van der Waals surface area (Å²) >= 11 is 0. The van der Waals surface area contributed by atoms with E-state index >= 15 is 0 Å². The quantitative estimate of drug-likeness (QED) is 0.581. The van der Waals surface area contributed by atoms with Crippen molar-refractivity contribution in [3.8, 4) is 34.5 Å². The second-order valence-electron chi connectivity index (χ2n) is 6.14. The molecule has 7 heteroatoms. The zero-order valence-corrected chi connectivity index (χ0v) is 15.4. The first-order chi connectivity index (χ1) is 14.3. The average Bonchev–Trinajstić information content (AvgIpc) is 2.71. The van der Waals surface area contributed by atoms with Crippen LogP contribution in [0.2, 0.25) is 0 Å². The van der Waals surface area contributed by atoms with Crippen LogP contribution >= 0.6 is 0 Å². The van der Waals surface area contributed by atoms with Crippen molar-refractivity contribution < 1.29 is 32.5 Å². The number of ether oxygens (including phenoxy) is 2. The van der Waals surface area contributed by atoms with Crippen molar-refractivity contribution in [2.45, 2.75) is 13.0 Å². The van der Waals surface area contributed by atoms with Crippen molar-refractivity contribution in [1.82, 2.24) is 0 Å². The Bertz CT molecular complexity index is 1080. The van der Waals surface area contributed by atoms with E-state index in [1.165, 1.54) is 12.1 Å². The topological polar surface area (TPSA) is 55.8 Å². The van der Waals surface area contributed by atoms with Crippen LogP contribution in [0.1, 0.15) is 11.1 Å². The molecule has 0 unspecified atom stereocenters. The van der Waals surface area contributed by atoms with Gasteiger partial charge in [-0.3, -0.25) is 0 Å². The van der Waals surface area contributed by atoms with E-state index in [0.29, 0.717) is 11.3 Å². The maximum Gasteiger partial charge on any atom is 0.573 e. The first-order valence-corrected chi connectivity index (χ1v) is 8.71. The summed E-state index contributed by atoms with van der Waals surface area (Å²) in [6, 6.07) is 19.8. The molecular weight excluding hydrogens is 397 g/mol. The molecule has 0 bridgehead atoms. The Hall–Kier alpha value is -3.92. The minimum Gasteiger partial charge on any atom is -0.489 e. The Labute approximate surface area is 170 Å². The largest absolute Gasteiger partial charge is 0.573 e. The van der Waals surface area contributed by atoms with E-state index < -0.39 is 12.3 Å². The lowest BCUT2D eigenvalue weighted by atomic mass is 10.0. The number of hydrogen-bond donors (Lipinski definition) is 1. The van der Waals surface area contributed by atoms with Crippen molar-refractivity contribution in [2.75, 3.05) is 0 Å². The van der Waals surface area contributed by atoms with Gasteiger partial charge in [-0.2, -0.15) is 0 Å². The number of carboxylic acids is 1. The lowest BCUT2D eigenvalue weighted by Gasteiger charge is -2.10. The summed E-state index contributed by atoms with van der Waals surface area (Å²) in [4.78, 5) is 10.5. The number of benzene rings is 3. The van der Waals surface area contributed by atoms with Crippen molar-refractivity contribution in [3.63, 3.8) is 0 Å². The van der Waals surface area contributed by atoms with Crippen LogP contribution in [-0.4, -0.2) is 17.4 Å². The zero-order valence-electron chi connectivity index (χ0n) is 15.4. The maximum absolute atomic E-state index is 12.3. The van der Waals surface area contributed by atoms with Gasteiger partial charge in [0.1, 0.15) is 18.1 Å². The summed E-state index contributed by atoms with van der Waals surface area (Å²) in [6.07, 6.45) is -4.72. The third-order valence-electron chi connectivity index (χ3n) is 3.92. The van der Waals surface area contributed by atoms with Crippen LogP contribution in [0.3, 0.4) is 0 Å². The highest BCUT2D eigenvalue weighted by atomic mass is 19.4. The van der Waals surface area contributed by atoms with Crippen molar-refractivity contribution in [2.24, 2.45) is 0 Å². The fourth-order valence-corrected chi connectivity index (χ4v) is 2.62. The van der Waals surface area contributed by atoms with Gasteiger partial charge in [0.05, 0.1) is 0 Å². The number of alkyl halides is 3. The predicted octanol–water partition coefficient (Wildman–Crippen LogP) is 5.27. The van der Waals surface area contributed by atoms with Gasteiger partial charge in [0.2, 0.25) is 0 Å². The summed E-state index contributed by atoms with van der Waals surface area (Å²) < 4.78 is 46.4. The zero-order chi connectivity index (χ0) is 21.6. The second-order valence-corrected chi connectivity index (χ2v) is 6.14. The fraction of sp³-hybridized carbons (Fsp3) is 0.0870. The molecule has 0 heterocycles. The number of hydrogen-bond acceptors (Lipinski definition) is 3. The molecule has 3 rings (SSSR count). The van der Waals surface area contributed by atoms with Crippen LogP contribution in [0.5, 0.6) is 11.5 Å². The second kappa shape index (κ2) is 9.05. The van der Waals surface area contributed by atoms with Gasteiger partial charge in [-0.15, -0.1) is 13.2 Å². The molecule has 3 aromatic carbocycles. The first-order valence-electron chi connectivity index (χ1n) is 8.71. The molecule has 4 nitrogen and oxygen atoms in total. The van der Waals surface area contributed by atoms with E-state index in [9.17, 15) is 18.0 Å². The molecule has 0 saturated carbocycles. The Balaban J connectivity index is 1.64. The van der Waals surface area contributed by atoms with E-state index in [2.05, 4.69) is 10.7 Å². The number of carboxylic acid groups (broad SMARTS) is 1. The molecule has 0 aromatic heterocycles. The van der Waals surface area contributed by atoms with Crippen LogP contribution in [0.25, 0.3) is 11.1 Å². The number of aliphatic carboxylic acids is 1. The average molecular weight is 412 g/mol. The molecule has 0 radical (unpaired) electrons. The summed E-state index contributed by atoms with van der Waals surface area (Å²) in [7, 11) is 0. The molecular formula is C23H15F3O4. The Morgan fingerprint density at radius 1 is 0.900 bits per heavy atom. The highest BCUT2D eigenvalue weighted by Crippen LogP contribution is 2.27. The van der Waals surface area contributed by atoms with Crippen molar-refractivity contribution in [1.29, 1.82) is 0 Å². The normalized spacial score (nSPS) is 10.6. The molecule has 0 aliphatic carbocycles. The smallest absolute Gasteiger partial charge is 0.489 e. The van der Waals surface area contributed by atoms with E-state index in [1.54, 1.807) is 36.4 Å². The van der Waals surface area contributed by atoms with Gasteiger partial charge in [0.25, 0.3) is 0 Å². The van der Waals surface area contributed by atoms with Crippen LogP contribution in [0.15, 0.2) is 72.8 Å². The molecule has 0 atom stereocenters. The third kappa shape index (κ3) is 6.31. The van der Waals surface area contributed by atoms with Gasteiger partial charge in [-0.1, -0.05) is 36.3 Å². The van der Waals surface area contributed by atoms with Gasteiger partial charge in [-0.25, -0.2) is 4.79 Å². The van der Waals surface area contributed by atoms with E-state index in [-0.39, 0.29) is 12.4 Å². The molecule has 0 aliphatic rings. The van der Waals surface area contributed by atoms with Gasteiger partial charge in [0, 0.05) is 11.5 Å². The molecule has 0 fully saturated rings. The van der Waals surface area contributed by atoms with Gasteiger partial charge in [0.15, 0.2) is 0 Å². The molecule has 152 valence electrons.